The van der Waals surface area contributed by atoms with Crippen LogP contribution >= 0.6 is 0 Å². The minimum atomic E-state index is -1.01. The number of aromatic nitrogens is 1. The molecule has 2 heterocycles. The first kappa shape index (κ1) is 26.6. The summed E-state index contributed by atoms with van der Waals surface area (Å²) in [5.74, 6) is -1.84. The number of nitrogens with zero attached hydrogens (tertiary/aromatic N) is 2. The van der Waals surface area contributed by atoms with Gasteiger partial charge in [-0.1, -0.05) is 26.0 Å². The normalized spacial score (nSPS) is 16.5. The lowest BCUT2D eigenvalue weighted by Gasteiger charge is -2.25. The van der Waals surface area contributed by atoms with Gasteiger partial charge in [0.25, 0.3) is 11.7 Å². The number of aliphatic hydroxyl groups excluding tert-OH is 1. The van der Waals surface area contributed by atoms with Crippen molar-refractivity contribution in [2.24, 2.45) is 0 Å². The second kappa shape index (κ2) is 11.7. The molecule has 196 valence electrons. The first-order chi connectivity index (χ1) is 18.4. The summed E-state index contributed by atoms with van der Waals surface area (Å²) in [4.78, 5) is 44.9. The van der Waals surface area contributed by atoms with Crippen LogP contribution in [0.25, 0.3) is 5.76 Å². The van der Waals surface area contributed by atoms with Crippen molar-refractivity contribution in [1.82, 2.24) is 4.98 Å². The van der Waals surface area contributed by atoms with Crippen LogP contribution in [-0.4, -0.2) is 41.0 Å². The van der Waals surface area contributed by atoms with Gasteiger partial charge in [-0.3, -0.25) is 19.5 Å². The third-order valence-electron chi connectivity index (χ3n) is 6.12. The van der Waals surface area contributed by atoms with Crippen molar-refractivity contribution in [2.45, 2.75) is 39.7 Å². The monoisotopic (exact) mass is 514 g/mol. The Balaban J connectivity index is 1.82. The number of aliphatic hydroxyl groups is 1. The number of Topliss-reactive ketones (excluding diaryl/α,β-unsaturated/α-hetero) is 1. The fourth-order valence-corrected chi connectivity index (χ4v) is 4.30. The van der Waals surface area contributed by atoms with E-state index in [-0.39, 0.29) is 23.5 Å². The number of hydrogen-bond donors (Lipinski definition) is 1. The average molecular weight is 515 g/mol. The van der Waals surface area contributed by atoms with E-state index in [1.54, 1.807) is 60.8 Å². The predicted octanol–water partition coefficient (Wildman–Crippen LogP) is 5.37. The maximum absolute atomic E-state index is 13.4. The molecule has 3 aromatic rings. The number of ketones is 1. The summed E-state index contributed by atoms with van der Waals surface area (Å²) in [6.45, 7) is 6.57. The number of hydrogen-bond acceptors (Lipinski definition) is 7. The number of anilines is 1. The standard InChI is InChI=1S/C30H30N2O6/c1-4-15-37-24-13-12-20(17-19(24)3)27(33)25-26(23-11-6-7-14-31-23)32(29(35)28(25)34)22-10-8-9-21(18-22)30(36)38-16-5-2/h6-14,17-18,26,33H,4-5,15-16H2,1-3H3/b27-25+. The van der Waals surface area contributed by atoms with Crippen molar-refractivity contribution < 1.29 is 29.0 Å². The van der Waals surface area contributed by atoms with Crippen molar-refractivity contribution >= 4 is 29.1 Å². The van der Waals surface area contributed by atoms with E-state index >= 15 is 0 Å². The van der Waals surface area contributed by atoms with Crippen LogP contribution in [0, 0.1) is 6.92 Å². The Morgan fingerprint density at radius 1 is 0.974 bits per heavy atom. The number of aryl methyl sites for hydroxylation is 1. The lowest BCUT2D eigenvalue weighted by Crippen LogP contribution is -2.30. The van der Waals surface area contributed by atoms with E-state index in [2.05, 4.69) is 4.98 Å². The van der Waals surface area contributed by atoms with Crippen LogP contribution in [0.2, 0.25) is 0 Å². The summed E-state index contributed by atoms with van der Waals surface area (Å²) >= 11 is 0. The third kappa shape index (κ3) is 5.29. The molecule has 1 aromatic heterocycles. The second-order valence-electron chi connectivity index (χ2n) is 8.94. The highest BCUT2D eigenvalue weighted by Crippen LogP contribution is 2.42. The van der Waals surface area contributed by atoms with E-state index in [0.29, 0.717) is 35.7 Å². The van der Waals surface area contributed by atoms with Gasteiger partial charge in [0.15, 0.2) is 0 Å². The van der Waals surface area contributed by atoms with Crippen LogP contribution in [0.1, 0.15) is 59.9 Å². The molecule has 2 aromatic carbocycles. The van der Waals surface area contributed by atoms with Crippen LogP contribution < -0.4 is 9.64 Å². The van der Waals surface area contributed by atoms with Crippen molar-refractivity contribution in [3.8, 4) is 5.75 Å². The molecule has 1 atom stereocenters. The average Bonchev–Trinajstić information content (AvgIpc) is 3.21. The van der Waals surface area contributed by atoms with E-state index in [1.165, 1.54) is 11.0 Å². The molecule has 0 bridgehead atoms. The van der Waals surface area contributed by atoms with E-state index in [0.717, 1.165) is 12.0 Å². The number of pyridine rings is 1. The number of rotatable bonds is 9. The molecule has 1 saturated heterocycles. The Kier molecular flexibility index (Phi) is 8.21. The van der Waals surface area contributed by atoms with Crippen molar-refractivity contribution in [1.29, 1.82) is 0 Å². The van der Waals surface area contributed by atoms with Crippen molar-refractivity contribution in [2.75, 3.05) is 18.1 Å². The maximum atomic E-state index is 13.4. The van der Waals surface area contributed by atoms with Crippen molar-refractivity contribution in [3.63, 3.8) is 0 Å². The van der Waals surface area contributed by atoms with Gasteiger partial charge in [-0.05, 0) is 73.9 Å². The quantitative estimate of drug-likeness (QED) is 0.177. The zero-order valence-electron chi connectivity index (χ0n) is 21.6. The summed E-state index contributed by atoms with van der Waals surface area (Å²) in [7, 11) is 0. The predicted molar refractivity (Wildman–Crippen MR) is 143 cm³/mol. The number of amides is 1. The van der Waals surface area contributed by atoms with E-state index in [1.807, 2.05) is 20.8 Å². The molecule has 1 aliphatic rings. The SMILES string of the molecule is CCCOC(=O)c1cccc(N2C(=O)C(=O)/C(=C(/O)c3ccc(OCCC)c(C)c3)C2c2ccccn2)c1. The molecular formula is C30H30N2O6. The summed E-state index contributed by atoms with van der Waals surface area (Å²) < 4.78 is 11.0. The van der Waals surface area contributed by atoms with Gasteiger partial charge in [0.2, 0.25) is 0 Å². The molecule has 0 spiro atoms. The molecule has 1 fully saturated rings. The maximum Gasteiger partial charge on any atom is 0.338 e. The molecule has 1 N–H and O–H groups in total. The smallest absolute Gasteiger partial charge is 0.338 e. The molecular weight excluding hydrogens is 484 g/mol. The Hall–Kier alpha value is -4.46. The molecule has 0 saturated carbocycles. The fraction of sp³-hybridized carbons (Fsp3) is 0.267. The molecule has 4 rings (SSSR count). The Morgan fingerprint density at radius 2 is 1.76 bits per heavy atom. The van der Waals surface area contributed by atoms with E-state index in [4.69, 9.17) is 9.47 Å². The second-order valence-corrected chi connectivity index (χ2v) is 8.94. The van der Waals surface area contributed by atoms with Crippen molar-refractivity contribution in [3.05, 3.63) is 94.8 Å². The summed E-state index contributed by atoms with van der Waals surface area (Å²) in [6, 6.07) is 15.6. The number of carbonyl (C=O) groups is 3. The Bertz CT molecular complexity index is 1380. The number of ether oxygens (including phenoxy) is 2. The first-order valence-corrected chi connectivity index (χ1v) is 12.6. The summed E-state index contributed by atoms with van der Waals surface area (Å²) in [5.41, 5.74) is 2.02. The molecule has 1 amide bonds. The Morgan fingerprint density at radius 3 is 2.45 bits per heavy atom. The Labute approximate surface area is 221 Å². The molecule has 0 aliphatic carbocycles. The first-order valence-electron chi connectivity index (χ1n) is 12.6. The molecule has 8 heteroatoms. The number of carbonyl (C=O) groups excluding carboxylic acids is 3. The topological polar surface area (TPSA) is 106 Å². The van der Waals surface area contributed by atoms with Crippen LogP contribution in [0.15, 0.2) is 72.4 Å². The molecule has 38 heavy (non-hydrogen) atoms. The highest BCUT2D eigenvalue weighted by molar-refractivity contribution is 6.51. The van der Waals surface area contributed by atoms with Gasteiger partial charge in [0.05, 0.1) is 30.0 Å². The zero-order valence-corrected chi connectivity index (χ0v) is 21.6. The van der Waals surface area contributed by atoms with Gasteiger partial charge < -0.3 is 14.6 Å². The summed E-state index contributed by atoms with van der Waals surface area (Å²) in [5, 5.41) is 11.4. The van der Waals surface area contributed by atoms with Gasteiger partial charge in [-0.15, -0.1) is 0 Å². The van der Waals surface area contributed by atoms with Crippen LogP contribution in [0.5, 0.6) is 5.75 Å². The van der Waals surface area contributed by atoms with Gasteiger partial charge in [-0.25, -0.2) is 4.79 Å². The zero-order chi connectivity index (χ0) is 27.2. The number of esters is 1. The highest BCUT2D eigenvalue weighted by atomic mass is 16.5. The van der Waals surface area contributed by atoms with Crippen LogP contribution in [-0.2, 0) is 14.3 Å². The summed E-state index contributed by atoms with van der Waals surface area (Å²) in [6.07, 6.45) is 3.08. The van der Waals surface area contributed by atoms with Gasteiger partial charge in [-0.2, -0.15) is 0 Å². The van der Waals surface area contributed by atoms with Gasteiger partial charge in [0.1, 0.15) is 17.6 Å². The van der Waals surface area contributed by atoms with Crippen LogP contribution in [0.4, 0.5) is 5.69 Å². The van der Waals surface area contributed by atoms with E-state index < -0.39 is 23.7 Å². The lowest BCUT2D eigenvalue weighted by atomic mass is 9.97. The molecule has 1 aliphatic heterocycles. The van der Waals surface area contributed by atoms with Gasteiger partial charge in [0, 0.05) is 17.4 Å². The number of benzene rings is 2. The molecule has 0 radical (unpaired) electrons. The largest absolute Gasteiger partial charge is 0.507 e. The fourth-order valence-electron chi connectivity index (χ4n) is 4.30. The lowest BCUT2D eigenvalue weighted by molar-refractivity contribution is -0.132. The molecule has 1 unspecified atom stereocenters. The minimum absolute atomic E-state index is 0.0886. The molecule has 8 nitrogen and oxygen atoms in total. The van der Waals surface area contributed by atoms with Crippen LogP contribution in [0.3, 0.4) is 0 Å². The third-order valence-corrected chi connectivity index (χ3v) is 6.12. The highest BCUT2D eigenvalue weighted by Gasteiger charge is 2.47. The van der Waals surface area contributed by atoms with Gasteiger partial charge >= 0.3 is 5.97 Å². The van der Waals surface area contributed by atoms with E-state index in [9.17, 15) is 19.5 Å². The minimum Gasteiger partial charge on any atom is -0.507 e.